The number of para-hydroxylation sites is 1. The average Bonchev–Trinajstić information content (AvgIpc) is 2.39. The highest BCUT2D eigenvalue weighted by Gasteiger charge is 2.24. The van der Waals surface area contributed by atoms with Gasteiger partial charge in [0.1, 0.15) is 5.75 Å². The number of ether oxygens (including phenoxy) is 1. The van der Waals surface area contributed by atoms with Gasteiger partial charge in [-0.3, -0.25) is 0 Å². The van der Waals surface area contributed by atoms with Crippen LogP contribution in [0.5, 0.6) is 5.75 Å². The molecule has 1 aliphatic carbocycles. The van der Waals surface area contributed by atoms with Crippen LogP contribution >= 0.6 is 0 Å². The van der Waals surface area contributed by atoms with Crippen LogP contribution in [-0.2, 0) is 0 Å². The fraction of sp³-hybridized carbons (Fsp3) is 0.571. The van der Waals surface area contributed by atoms with E-state index in [-0.39, 0.29) is 11.8 Å². The molecular weight excluding hydrogens is 236 g/mol. The Morgan fingerprint density at radius 1 is 1.11 bits per heavy atom. The molecule has 18 heavy (non-hydrogen) atoms. The monoisotopic (exact) mass is 255 g/mol. The second-order valence-electron chi connectivity index (χ2n) is 4.84. The van der Waals surface area contributed by atoms with Gasteiger partial charge in [-0.05, 0) is 24.8 Å². The normalized spacial score (nSPS) is 18.9. The van der Waals surface area contributed by atoms with Crippen molar-refractivity contribution < 1.29 is 13.5 Å². The Morgan fingerprint density at radius 2 is 1.78 bits per heavy atom. The number of nitrogens with two attached hydrogens (primary N) is 1. The van der Waals surface area contributed by atoms with Crippen LogP contribution in [0.3, 0.4) is 0 Å². The molecule has 2 N–H and O–H groups in total. The summed E-state index contributed by atoms with van der Waals surface area (Å²) in [6, 6.07) is 6.65. The number of hydrogen-bond donors (Lipinski definition) is 1. The van der Waals surface area contributed by atoms with Gasteiger partial charge in [-0.15, -0.1) is 0 Å². The van der Waals surface area contributed by atoms with Crippen LogP contribution in [0.2, 0.25) is 0 Å². The molecule has 1 aromatic carbocycles. The third kappa shape index (κ3) is 3.19. The van der Waals surface area contributed by atoms with E-state index in [9.17, 15) is 8.78 Å². The van der Waals surface area contributed by atoms with Crippen molar-refractivity contribution in [2.24, 2.45) is 11.7 Å². The van der Waals surface area contributed by atoms with E-state index in [0.717, 1.165) is 12.8 Å². The molecular formula is C14H19F2NO. The molecule has 1 saturated carbocycles. The molecule has 0 amide bonds. The number of alkyl halides is 2. The van der Waals surface area contributed by atoms with Crippen LogP contribution in [0.4, 0.5) is 8.78 Å². The second kappa shape index (κ2) is 6.14. The Balaban J connectivity index is 2.15. The van der Waals surface area contributed by atoms with Gasteiger partial charge < -0.3 is 10.5 Å². The molecule has 0 spiro atoms. The van der Waals surface area contributed by atoms with Gasteiger partial charge in [0.25, 0.3) is 0 Å². The zero-order valence-electron chi connectivity index (χ0n) is 10.3. The summed E-state index contributed by atoms with van der Waals surface area (Å²) in [7, 11) is 0. The summed E-state index contributed by atoms with van der Waals surface area (Å²) in [5, 5.41) is 0. The Morgan fingerprint density at radius 3 is 2.44 bits per heavy atom. The summed E-state index contributed by atoms with van der Waals surface area (Å²) < 4.78 is 29.2. The average molecular weight is 255 g/mol. The minimum atomic E-state index is -2.80. The molecule has 0 aromatic heterocycles. The first kappa shape index (κ1) is 13.3. The summed E-state index contributed by atoms with van der Waals surface area (Å²) >= 11 is 0. The summed E-state index contributed by atoms with van der Waals surface area (Å²) in [6.07, 6.45) is 5.75. The van der Waals surface area contributed by atoms with Crippen molar-refractivity contribution in [2.45, 2.75) is 44.8 Å². The molecule has 0 heterocycles. The van der Waals surface area contributed by atoms with Crippen LogP contribution in [0.15, 0.2) is 24.3 Å². The van der Waals surface area contributed by atoms with Gasteiger partial charge in [0.05, 0.1) is 0 Å². The molecule has 2 nitrogen and oxygen atoms in total. The zero-order valence-corrected chi connectivity index (χ0v) is 10.3. The van der Waals surface area contributed by atoms with Gasteiger partial charge >= 0.3 is 6.61 Å². The van der Waals surface area contributed by atoms with Gasteiger partial charge in [0, 0.05) is 11.6 Å². The van der Waals surface area contributed by atoms with Crippen molar-refractivity contribution in [2.75, 3.05) is 0 Å². The number of benzene rings is 1. The lowest BCUT2D eigenvalue weighted by Crippen LogP contribution is -2.24. The Kier molecular flexibility index (Phi) is 4.53. The van der Waals surface area contributed by atoms with E-state index in [0.29, 0.717) is 11.5 Å². The first-order valence-electron chi connectivity index (χ1n) is 6.48. The Labute approximate surface area is 106 Å². The third-order valence-corrected chi connectivity index (χ3v) is 3.65. The van der Waals surface area contributed by atoms with Crippen molar-refractivity contribution in [1.82, 2.24) is 0 Å². The fourth-order valence-corrected chi connectivity index (χ4v) is 2.71. The quantitative estimate of drug-likeness (QED) is 0.886. The van der Waals surface area contributed by atoms with Gasteiger partial charge in [0.15, 0.2) is 0 Å². The Bertz CT molecular complexity index is 378. The van der Waals surface area contributed by atoms with E-state index in [1.165, 1.54) is 19.3 Å². The summed E-state index contributed by atoms with van der Waals surface area (Å²) in [6.45, 7) is -2.80. The molecule has 1 atom stereocenters. The first-order valence-corrected chi connectivity index (χ1v) is 6.48. The van der Waals surface area contributed by atoms with Crippen molar-refractivity contribution in [1.29, 1.82) is 0 Å². The standard InChI is InChI=1S/C14H19F2NO/c15-14(16)18-12-9-5-4-8-11(12)13(17)10-6-2-1-3-7-10/h4-5,8-10,13-14H,1-3,6-7,17H2. The minimum Gasteiger partial charge on any atom is -0.434 e. The molecule has 1 fully saturated rings. The fourth-order valence-electron chi connectivity index (χ4n) is 2.71. The second-order valence-corrected chi connectivity index (χ2v) is 4.84. The van der Waals surface area contributed by atoms with Gasteiger partial charge in [-0.1, -0.05) is 37.5 Å². The van der Waals surface area contributed by atoms with Crippen LogP contribution in [0.25, 0.3) is 0 Å². The van der Waals surface area contributed by atoms with E-state index >= 15 is 0 Å². The molecule has 0 bridgehead atoms. The summed E-state index contributed by atoms with van der Waals surface area (Å²) in [5.74, 6) is 0.590. The third-order valence-electron chi connectivity index (χ3n) is 3.65. The first-order chi connectivity index (χ1) is 8.68. The molecule has 0 aliphatic heterocycles. The lowest BCUT2D eigenvalue weighted by Gasteiger charge is -2.28. The van der Waals surface area contributed by atoms with Crippen molar-refractivity contribution >= 4 is 0 Å². The lowest BCUT2D eigenvalue weighted by molar-refractivity contribution is -0.0508. The lowest BCUT2D eigenvalue weighted by atomic mass is 9.81. The van der Waals surface area contributed by atoms with E-state index in [1.807, 2.05) is 6.07 Å². The SMILES string of the molecule is NC(c1ccccc1OC(F)F)C1CCCCC1. The van der Waals surface area contributed by atoms with Crippen molar-refractivity contribution in [3.63, 3.8) is 0 Å². The molecule has 2 rings (SSSR count). The van der Waals surface area contributed by atoms with Crippen LogP contribution in [0, 0.1) is 5.92 Å². The molecule has 100 valence electrons. The van der Waals surface area contributed by atoms with Gasteiger partial charge in [0.2, 0.25) is 0 Å². The highest BCUT2D eigenvalue weighted by Crippen LogP contribution is 2.36. The number of halogens is 2. The van der Waals surface area contributed by atoms with E-state index < -0.39 is 6.61 Å². The van der Waals surface area contributed by atoms with E-state index in [2.05, 4.69) is 4.74 Å². The highest BCUT2D eigenvalue weighted by molar-refractivity contribution is 5.36. The molecule has 1 aliphatic rings. The van der Waals surface area contributed by atoms with Gasteiger partial charge in [-0.2, -0.15) is 8.78 Å². The number of hydrogen-bond acceptors (Lipinski definition) is 2. The van der Waals surface area contributed by atoms with Crippen LogP contribution < -0.4 is 10.5 Å². The number of rotatable bonds is 4. The van der Waals surface area contributed by atoms with E-state index in [1.54, 1.807) is 18.2 Å². The van der Waals surface area contributed by atoms with Crippen LogP contribution in [-0.4, -0.2) is 6.61 Å². The van der Waals surface area contributed by atoms with Gasteiger partial charge in [-0.25, -0.2) is 0 Å². The summed E-state index contributed by atoms with van der Waals surface area (Å²) in [5.41, 5.74) is 6.92. The topological polar surface area (TPSA) is 35.2 Å². The maximum absolute atomic E-state index is 12.3. The van der Waals surface area contributed by atoms with Crippen molar-refractivity contribution in [3.05, 3.63) is 29.8 Å². The largest absolute Gasteiger partial charge is 0.434 e. The maximum Gasteiger partial charge on any atom is 0.387 e. The molecule has 1 aromatic rings. The predicted molar refractivity (Wildman–Crippen MR) is 66.6 cm³/mol. The smallest absolute Gasteiger partial charge is 0.387 e. The minimum absolute atomic E-state index is 0.208. The van der Waals surface area contributed by atoms with E-state index in [4.69, 9.17) is 5.73 Å². The highest BCUT2D eigenvalue weighted by atomic mass is 19.3. The van der Waals surface area contributed by atoms with Crippen molar-refractivity contribution in [3.8, 4) is 5.75 Å². The molecule has 0 saturated heterocycles. The summed E-state index contributed by atoms with van der Waals surface area (Å²) in [4.78, 5) is 0. The van der Waals surface area contributed by atoms with Crippen LogP contribution in [0.1, 0.15) is 43.7 Å². The predicted octanol–water partition coefficient (Wildman–Crippen LogP) is 3.87. The maximum atomic E-state index is 12.3. The molecule has 1 unspecified atom stereocenters. The molecule has 0 radical (unpaired) electrons. The zero-order chi connectivity index (χ0) is 13.0. The Hall–Kier alpha value is -1.16. The molecule has 4 heteroatoms.